The molecular formula is C10H12N2OS. The number of hydrogen-bond acceptors (Lipinski definition) is 4. The molecule has 0 radical (unpaired) electrons. The zero-order chi connectivity index (χ0) is 9.97. The number of nitrogens with two attached hydrogens (primary N) is 1. The quantitative estimate of drug-likeness (QED) is 0.842. The molecule has 2 aromatic rings. The van der Waals surface area contributed by atoms with Gasteiger partial charge in [-0.15, -0.1) is 11.3 Å². The van der Waals surface area contributed by atoms with Crippen molar-refractivity contribution in [2.45, 2.75) is 19.4 Å². The third-order valence-electron chi connectivity index (χ3n) is 2.11. The standard InChI is InChI=1S/C10H12N2OS/c1-2-7-3-4-9(13-7)10(11)8-5-14-6-12-8/h3-6,10H,2,11H2,1H3. The van der Waals surface area contributed by atoms with Crippen LogP contribution in [-0.4, -0.2) is 4.98 Å². The van der Waals surface area contributed by atoms with Crippen LogP contribution in [0.4, 0.5) is 0 Å². The van der Waals surface area contributed by atoms with Crippen LogP contribution < -0.4 is 5.73 Å². The number of furan rings is 1. The van der Waals surface area contributed by atoms with Gasteiger partial charge in [0.25, 0.3) is 0 Å². The molecule has 0 saturated heterocycles. The summed E-state index contributed by atoms with van der Waals surface area (Å²) in [6.07, 6.45) is 0.893. The predicted octanol–water partition coefficient (Wildman–Crippen LogP) is 2.35. The fourth-order valence-corrected chi connectivity index (χ4v) is 1.86. The summed E-state index contributed by atoms with van der Waals surface area (Å²) in [7, 11) is 0. The molecule has 2 heterocycles. The van der Waals surface area contributed by atoms with E-state index in [4.69, 9.17) is 10.2 Å². The summed E-state index contributed by atoms with van der Waals surface area (Å²) in [6, 6.07) is 3.64. The SMILES string of the molecule is CCc1ccc(C(N)c2cscn2)o1. The van der Waals surface area contributed by atoms with Gasteiger partial charge in [0.1, 0.15) is 17.6 Å². The highest BCUT2D eigenvalue weighted by atomic mass is 32.1. The highest BCUT2D eigenvalue weighted by molar-refractivity contribution is 7.07. The van der Waals surface area contributed by atoms with Gasteiger partial charge in [-0.3, -0.25) is 0 Å². The Balaban J connectivity index is 2.23. The van der Waals surface area contributed by atoms with E-state index in [1.807, 2.05) is 17.5 Å². The van der Waals surface area contributed by atoms with Crippen LogP contribution in [0.15, 0.2) is 27.4 Å². The first kappa shape index (κ1) is 9.43. The summed E-state index contributed by atoms with van der Waals surface area (Å²) in [6.45, 7) is 2.05. The zero-order valence-corrected chi connectivity index (χ0v) is 8.75. The number of rotatable bonds is 3. The first-order valence-electron chi connectivity index (χ1n) is 4.53. The third-order valence-corrected chi connectivity index (χ3v) is 2.71. The first-order valence-corrected chi connectivity index (χ1v) is 5.47. The highest BCUT2D eigenvalue weighted by Gasteiger charge is 2.14. The fraction of sp³-hybridized carbons (Fsp3) is 0.300. The van der Waals surface area contributed by atoms with Gasteiger partial charge in [0.15, 0.2) is 0 Å². The van der Waals surface area contributed by atoms with Crippen LogP contribution in [-0.2, 0) is 6.42 Å². The van der Waals surface area contributed by atoms with Gasteiger partial charge in [0.2, 0.25) is 0 Å². The zero-order valence-electron chi connectivity index (χ0n) is 7.93. The van der Waals surface area contributed by atoms with E-state index in [0.717, 1.165) is 23.6 Å². The maximum Gasteiger partial charge on any atom is 0.127 e. The van der Waals surface area contributed by atoms with E-state index in [-0.39, 0.29) is 6.04 Å². The molecule has 0 aliphatic heterocycles. The predicted molar refractivity (Wildman–Crippen MR) is 56.2 cm³/mol. The molecule has 0 saturated carbocycles. The third kappa shape index (κ3) is 1.71. The molecule has 74 valence electrons. The smallest absolute Gasteiger partial charge is 0.127 e. The summed E-state index contributed by atoms with van der Waals surface area (Å²) in [5, 5.41) is 1.94. The molecule has 0 spiro atoms. The minimum atomic E-state index is -0.235. The fourth-order valence-electron chi connectivity index (χ4n) is 1.27. The summed E-state index contributed by atoms with van der Waals surface area (Å²) < 4.78 is 5.56. The van der Waals surface area contributed by atoms with Gasteiger partial charge in [0, 0.05) is 11.8 Å². The van der Waals surface area contributed by atoms with Crippen LogP contribution in [0.5, 0.6) is 0 Å². The van der Waals surface area contributed by atoms with Gasteiger partial charge < -0.3 is 10.2 Å². The Morgan fingerprint density at radius 3 is 3.00 bits per heavy atom. The number of hydrogen-bond donors (Lipinski definition) is 1. The Kier molecular flexibility index (Phi) is 2.65. The van der Waals surface area contributed by atoms with Crippen LogP contribution in [0.25, 0.3) is 0 Å². The van der Waals surface area contributed by atoms with Crippen molar-refractivity contribution in [3.05, 3.63) is 40.2 Å². The minimum absolute atomic E-state index is 0.235. The first-order chi connectivity index (χ1) is 6.81. The van der Waals surface area contributed by atoms with Crippen molar-refractivity contribution >= 4 is 11.3 Å². The molecule has 0 bridgehead atoms. The van der Waals surface area contributed by atoms with E-state index < -0.39 is 0 Å². The van der Waals surface area contributed by atoms with Gasteiger partial charge in [-0.1, -0.05) is 6.92 Å². The molecule has 0 aliphatic rings. The van der Waals surface area contributed by atoms with Crippen molar-refractivity contribution in [3.63, 3.8) is 0 Å². The molecule has 4 heteroatoms. The summed E-state index contributed by atoms with van der Waals surface area (Å²) >= 11 is 1.54. The molecule has 0 fully saturated rings. The molecule has 1 unspecified atom stereocenters. The lowest BCUT2D eigenvalue weighted by Gasteiger charge is -2.04. The Hall–Kier alpha value is -1.13. The molecule has 2 aromatic heterocycles. The Morgan fingerprint density at radius 1 is 1.57 bits per heavy atom. The average molecular weight is 208 g/mol. The van der Waals surface area contributed by atoms with Crippen molar-refractivity contribution in [1.82, 2.24) is 4.98 Å². The molecule has 2 N–H and O–H groups in total. The lowest BCUT2D eigenvalue weighted by atomic mass is 10.2. The normalized spacial score (nSPS) is 13.0. The number of aryl methyl sites for hydroxylation is 1. The second kappa shape index (κ2) is 3.94. The van der Waals surface area contributed by atoms with E-state index in [1.54, 1.807) is 16.8 Å². The van der Waals surface area contributed by atoms with Gasteiger partial charge in [-0.2, -0.15) is 0 Å². The van der Waals surface area contributed by atoms with Crippen molar-refractivity contribution in [2.24, 2.45) is 5.73 Å². The van der Waals surface area contributed by atoms with Crippen LogP contribution in [0.2, 0.25) is 0 Å². The highest BCUT2D eigenvalue weighted by Crippen LogP contribution is 2.21. The Labute approximate surface area is 86.6 Å². The molecule has 3 nitrogen and oxygen atoms in total. The van der Waals surface area contributed by atoms with E-state index in [0.29, 0.717) is 0 Å². The van der Waals surface area contributed by atoms with E-state index in [9.17, 15) is 0 Å². The van der Waals surface area contributed by atoms with Crippen LogP contribution in [0.3, 0.4) is 0 Å². The van der Waals surface area contributed by atoms with Crippen LogP contribution in [0.1, 0.15) is 30.2 Å². The lowest BCUT2D eigenvalue weighted by Crippen LogP contribution is -2.10. The minimum Gasteiger partial charge on any atom is -0.464 e. The summed E-state index contributed by atoms with van der Waals surface area (Å²) in [4.78, 5) is 4.16. The molecular weight excluding hydrogens is 196 g/mol. The number of nitrogens with zero attached hydrogens (tertiary/aromatic N) is 1. The van der Waals surface area contributed by atoms with Crippen molar-refractivity contribution in [2.75, 3.05) is 0 Å². The van der Waals surface area contributed by atoms with E-state index in [1.165, 1.54) is 0 Å². The number of aromatic nitrogens is 1. The second-order valence-electron chi connectivity index (χ2n) is 3.05. The molecule has 14 heavy (non-hydrogen) atoms. The largest absolute Gasteiger partial charge is 0.464 e. The van der Waals surface area contributed by atoms with Crippen molar-refractivity contribution in [3.8, 4) is 0 Å². The lowest BCUT2D eigenvalue weighted by molar-refractivity contribution is 0.452. The maximum atomic E-state index is 5.98. The average Bonchev–Trinajstić information content (AvgIpc) is 2.88. The maximum absolute atomic E-state index is 5.98. The summed E-state index contributed by atoms with van der Waals surface area (Å²) in [5.41, 5.74) is 8.62. The Morgan fingerprint density at radius 2 is 2.43 bits per heavy atom. The van der Waals surface area contributed by atoms with Gasteiger partial charge in [-0.25, -0.2) is 4.98 Å². The Bertz CT molecular complexity index is 394. The molecule has 0 aliphatic carbocycles. The van der Waals surface area contributed by atoms with Gasteiger partial charge in [-0.05, 0) is 12.1 Å². The topological polar surface area (TPSA) is 52.0 Å². The molecule has 0 aromatic carbocycles. The van der Waals surface area contributed by atoms with Crippen LogP contribution in [0, 0.1) is 0 Å². The van der Waals surface area contributed by atoms with Crippen molar-refractivity contribution in [1.29, 1.82) is 0 Å². The monoisotopic (exact) mass is 208 g/mol. The van der Waals surface area contributed by atoms with Crippen molar-refractivity contribution < 1.29 is 4.42 Å². The van der Waals surface area contributed by atoms with E-state index >= 15 is 0 Å². The second-order valence-corrected chi connectivity index (χ2v) is 3.77. The van der Waals surface area contributed by atoms with Gasteiger partial charge in [0.05, 0.1) is 11.2 Å². The molecule has 2 rings (SSSR count). The number of thiazole rings is 1. The van der Waals surface area contributed by atoms with E-state index in [2.05, 4.69) is 11.9 Å². The van der Waals surface area contributed by atoms with Gasteiger partial charge >= 0.3 is 0 Å². The molecule has 0 amide bonds. The summed E-state index contributed by atoms with van der Waals surface area (Å²) in [5.74, 6) is 1.75. The molecule has 1 atom stereocenters. The van der Waals surface area contributed by atoms with Crippen LogP contribution >= 0.6 is 11.3 Å².